The molecule has 0 fully saturated rings. The molecular weight excluding hydrogens is 168 g/mol. The van der Waals surface area contributed by atoms with E-state index in [1.54, 1.807) is 0 Å². The number of aromatic nitrogens is 2. The van der Waals surface area contributed by atoms with Crippen LogP contribution in [0.2, 0.25) is 0 Å². The van der Waals surface area contributed by atoms with Crippen LogP contribution in [0.1, 0.15) is 25.1 Å². The Balaban J connectivity index is 2.86. The van der Waals surface area contributed by atoms with Crippen molar-refractivity contribution in [2.75, 3.05) is 0 Å². The number of carbonyl (C=O) groups is 1. The molecule has 0 radical (unpaired) electrons. The van der Waals surface area contributed by atoms with E-state index >= 15 is 0 Å². The predicted octanol–water partition coefficient (Wildman–Crippen LogP) is 1.09. The van der Waals surface area contributed by atoms with Crippen molar-refractivity contribution in [3.05, 3.63) is 17.5 Å². The second-order valence-corrected chi connectivity index (χ2v) is 2.90. The maximum absolute atomic E-state index is 10.4. The van der Waals surface area contributed by atoms with Crippen molar-refractivity contribution in [1.29, 1.82) is 0 Å². The standard InChI is InChI=1S/C9H14N2O2/c1-3-7-5-11(6-9(12)13)10-8(7)4-2/h5H,3-4,6H2,1-2H3,(H,12,13). The molecule has 0 aliphatic carbocycles. The normalized spacial score (nSPS) is 10.3. The molecule has 1 N–H and O–H groups in total. The van der Waals surface area contributed by atoms with Crippen LogP contribution in [0, 0.1) is 0 Å². The van der Waals surface area contributed by atoms with Gasteiger partial charge < -0.3 is 5.11 Å². The highest BCUT2D eigenvalue weighted by Crippen LogP contribution is 2.08. The van der Waals surface area contributed by atoms with Crippen molar-refractivity contribution in [2.24, 2.45) is 0 Å². The molecule has 0 saturated heterocycles. The van der Waals surface area contributed by atoms with Crippen molar-refractivity contribution >= 4 is 5.97 Å². The SMILES string of the molecule is CCc1cn(CC(=O)O)nc1CC. The van der Waals surface area contributed by atoms with Gasteiger partial charge in [-0.3, -0.25) is 9.48 Å². The number of hydrogen-bond acceptors (Lipinski definition) is 2. The van der Waals surface area contributed by atoms with Gasteiger partial charge in [-0.1, -0.05) is 13.8 Å². The molecule has 1 aromatic heterocycles. The van der Waals surface area contributed by atoms with Crippen LogP contribution < -0.4 is 0 Å². The highest BCUT2D eigenvalue weighted by atomic mass is 16.4. The number of aryl methyl sites for hydroxylation is 2. The van der Waals surface area contributed by atoms with Crippen molar-refractivity contribution in [1.82, 2.24) is 9.78 Å². The average molecular weight is 182 g/mol. The number of aliphatic carboxylic acids is 1. The summed E-state index contributed by atoms with van der Waals surface area (Å²) in [4.78, 5) is 10.4. The summed E-state index contributed by atoms with van der Waals surface area (Å²) >= 11 is 0. The Morgan fingerprint density at radius 3 is 2.62 bits per heavy atom. The molecule has 4 nitrogen and oxygen atoms in total. The minimum atomic E-state index is -0.854. The van der Waals surface area contributed by atoms with Crippen LogP contribution in [0.5, 0.6) is 0 Å². The maximum atomic E-state index is 10.4. The number of hydrogen-bond donors (Lipinski definition) is 1. The first kappa shape index (κ1) is 9.77. The van der Waals surface area contributed by atoms with E-state index in [9.17, 15) is 4.79 Å². The lowest BCUT2D eigenvalue weighted by atomic mass is 10.2. The molecule has 4 heteroatoms. The van der Waals surface area contributed by atoms with E-state index in [0.29, 0.717) is 0 Å². The lowest BCUT2D eigenvalue weighted by Gasteiger charge is -1.93. The largest absolute Gasteiger partial charge is 0.480 e. The number of rotatable bonds is 4. The summed E-state index contributed by atoms with van der Waals surface area (Å²) < 4.78 is 1.49. The topological polar surface area (TPSA) is 55.1 Å². The third-order valence-corrected chi connectivity index (χ3v) is 1.94. The maximum Gasteiger partial charge on any atom is 0.325 e. The van der Waals surface area contributed by atoms with Gasteiger partial charge in [0.05, 0.1) is 5.69 Å². The number of carboxylic acid groups (broad SMARTS) is 1. The van der Waals surface area contributed by atoms with E-state index in [2.05, 4.69) is 5.10 Å². The Morgan fingerprint density at radius 1 is 1.54 bits per heavy atom. The molecule has 0 aromatic carbocycles. The summed E-state index contributed by atoms with van der Waals surface area (Å²) in [5.41, 5.74) is 2.15. The summed E-state index contributed by atoms with van der Waals surface area (Å²) in [6.07, 6.45) is 3.57. The first-order valence-electron chi connectivity index (χ1n) is 4.44. The van der Waals surface area contributed by atoms with Crippen molar-refractivity contribution in [3.8, 4) is 0 Å². The summed E-state index contributed by atoms with van der Waals surface area (Å²) in [6, 6.07) is 0. The van der Waals surface area contributed by atoms with Crippen molar-refractivity contribution in [3.63, 3.8) is 0 Å². The lowest BCUT2D eigenvalue weighted by Crippen LogP contribution is -2.09. The zero-order valence-electron chi connectivity index (χ0n) is 7.95. The summed E-state index contributed by atoms with van der Waals surface area (Å²) in [7, 11) is 0. The fourth-order valence-corrected chi connectivity index (χ4v) is 1.32. The van der Waals surface area contributed by atoms with Gasteiger partial charge in [0.2, 0.25) is 0 Å². The van der Waals surface area contributed by atoms with Gasteiger partial charge in [0.1, 0.15) is 6.54 Å². The quantitative estimate of drug-likeness (QED) is 0.758. The molecule has 0 unspecified atom stereocenters. The second-order valence-electron chi connectivity index (χ2n) is 2.90. The van der Waals surface area contributed by atoms with E-state index in [1.165, 1.54) is 4.68 Å². The van der Waals surface area contributed by atoms with E-state index in [1.807, 2.05) is 20.0 Å². The molecule has 72 valence electrons. The lowest BCUT2D eigenvalue weighted by molar-refractivity contribution is -0.137. The Labute approximate surface area is 77.2 Å². The summed E-state index contributed by atoms with van der Waals surface area (Å²) in [5, 5.41) is 12.7. The fraction of sp³-hybridized carbons (Fsp3) is 0.556. The average Bonchev–Trinajstić information content (AvgIpc) is 2.45. The smallest absolute Gasteiger partial charge is 0.325 e. The molecule has 0 aliphatic rings. The van der Waals surface area contributed by atoms with Crippen LogP contribution in [0.25, 0.3) is 0 Å². The Bertz CT molecular complexity index is 283. The van der Waals surface area contributed by atoms with Crippen LogP contribution in [0.3, 0.4) is 0 Å². The third kappa shape index (κ3) is 2.31. The second kappa shape index (κ2) is 4.07. The summed E-state index contributed by atoms with van der Waals surface area (Å²) in [5.74, 6) is -0.854. The Hall–Kier alpha value is -1.32. The van der Waals surface area contributed by atoms with Crippen LogP contribution in [-0.4, -0.2) is 20.9 Å². The molecule has 0 amide bonds. The monoisotopic (exact) mass is 182 g/mol. The van der Waals surface area contributed by atoms with E-state index < -0.39 is 5.97 Å². The van der Waals surface area contributed by atoms with Crippen LogP contribution in [0.15, 0.2) is 6.20 Å². The highest BCUT2D eigenvalue weighted by molar-refractivity contribution is 5.66. The highest BCUT2D eigenvalue weighted by Gasteiger charge is 2.06. The molecule has 0 saturated carbocycles. The van der Waals surface area contributed by atoms with Gasteiger partial charge >= 0.3 is 5.97 Å². The fourth-order valence-electron chi connectivity index (χ4n) is 1.32. The van der Waals surface area contributed by atoms with Gasteiger partial charge in [0.15, 0.2) is 0 Å². The molecule has 0 atom stereocenters. The molecule has 1 aromatic rings. The van der Waals surface area contributed by atoms with Gasteiger partial charge in [0.25, 0.3) is 0 Å². The zero-order chi connectivity index (χ0) is 9.84. The zero-order valence-corrected chi connectivity index (χ0v) is 7.95. The van der Waals surface area contributed by atoms with Crippen LogP contribution in [0.4, 0.5) is 0 Å². The van der Waals surface area contributed by atoms with Gasteiger partial charge in [-0.25, -0.2) is 0 Å². The van der Waals surface area contributed by atoms with E-state index in [4.69, 9.17) is 5.11 Å². The van der Waals surface area contributed by atoms with Gasteiger partial charge in [-0.15, -0.1) is 0 Å². The van der Waals surface area contributed by atoms with Crippen molar-refractivity contribution < 1.29 is 9.90 Å². The van der Waals surface area contributed by atoms with Gasteiger partial charge in [-0.2, -0.15) is 5.10 Å². The molecule has 0 bridgehead atoms. The van der Waals surface area contributed by atoms with E-state index in [0.717, 1.165) is 24.1 Å². The Morgan fingerprint density at radius 2 is 2.23 bits per heavy atom. The minimum absolute atomic E-state index is 0.0486. The Kier molecular flexibility index (Phi) is 3.06. The first-order chi connectivity index (χ1) is 6.17. The number of carboxylic acids is 1. The predicted molar refractivity (Wildman–Crippen MR) is 48.6 cm³/mol. The minimum Gasteiger partial charge on any atom is -0.480 e. The molecule has 0 spiro atoms. The molecule has 1 heterocycles. The number of nitrogens with zero attached hydrogens (tertiary/aromatic N) is 2. The van der Waals surface area contributed by atoms with Gasteiger partial charge in [0, 0.05) is 6.20 Å². The van der Waals surface area contributed by atoms with Crippen LogP contribution >= 0.6 is 0 Å². The third-order valence-electron chi connectivity index (χ3n) is 1.94. The molecule has 0 aliphatic heterocycles. The molecular formula is C9H14N2O2. The summed E-state index contributed by atoms with van der Waals surface area (Å²) in [6.45, 7) is 4.01. The van der Waals surface area contributed by atoms with E-state index in [-0.39, 0.29) is 6.54 Å². The van der Waals surface area contributed by atoms with Crippen molar-refractivity contribution in [2.45, 2.75) is 33.2 Å². The molecule has 13 heavy (non-hydrogen) atoms. The first-order valence-corrected chi connectivity index (χ1v) is 4.44. The van der Waals surface area contributed by atoms with Crippen LogP contribution in [-0.2, 0) is 24.2 Å². The molecule has 1 rings (SSSR count). The van der Waals surface area contributed by atoms with Gasteiger partial charge in [-0.05, 0) is 18.4 Å².